The fourth-order valence-corrected chi connectivity index (χ4v) is 1.14. The third kappa shape index (κ3) is 4.94. The van der Waals surface area contributed by atoms with E-state index in [1.807, 2.05) is 18.2 Å². The normalized spacial score (nSPS) is 12.7. The van der Waals surface area contributed by atoms with Crippen LogP contribution in [0.2, 0.25) is 0 Å². The van der Waals surface area contributed by atoms with E-state index in [9.17, 15) is 0 Å². The van der Waals surface area contributed by atoms with Gasteiger partial charge in [0.25, 0.3) is 0 Å². The maximum Gasteiger partial charge on any atom is 0.0887 e. The fraction of sp³-hybridized carbons (Fsp3) is 0.545. The average Bonchev–Trinajstić information content (AvgIpc) is 2.18. The molecular formula is C11H17NO2. The van der Waals surface area contributed by atoms with E-state index < -0.39 is 0 Å². The first-order valence-corrected chi connectivity index (χ1v) is 4.95. The highest BCUT2D eigenvalue weighted by Crippen LogP contribution is 1.99. The first-order valence-electron chi connectivity index (χ1n) is 4.95. The summed E-state index contributed by atoms with van der Waals surface area (Å²) in [4.78, 5) is 4.14. The van der Waals surface area contributed by atoms with Crippen molar-refractivity contribution in [2.24, 2.45) is 0 Å². The Hall–Kier alpha value is -0.930. The van der Waals surface area contributed by atoms with Gasteiger partial charge in [-0.25, -0.2) is 0 Å². The summed E-state index contributed by atoms with van der Waals surface area (Å²) in [5, 5.41) is 9.00. The van der Waals surface area contributed by atoms with E-state index >= 15 is 0 Å². The van der Waals surface area contributed by atoms with Crippen LogP contribution in [0.3, 0.4) is 0 Å². The molecule has 0 saturated heterocycles. The van der Waals surface area contributed by atoms with Crippen LogP contribution < -0.4 is 0 Å². The molecule has 3 heteroatoms. The number of rotatable bonds is 6. The van der Waals surface area contributed by atoms with Gasteiger partial charge in [0.15, 0.2) is 0 Å². The van der Waals surface area contributed by atoms with Crippen LogP contribution in [0.1, 0.15) is 25.5 Å². The molecule has 1 N–H and O–H groups in total. The van der Waals surface area contributed by atoms with Crippen molar-refractivity contribution in [2.45, 2.75) is 32.5 Å². The van der Waals surface area contributed by atoms with E-state index in [4.69, 9.17) is 9.84 Å². The zero-order chi connectivity index (χ0) is 10.2. The molecule has 0 fully saturated rings. The van der Waals surface area contributed by atoms with E-state index in [2.05, 4.69) is 4.98 Å². The van der Waals surface area contributed by atoms with E-state index in [0.29, 0.717) is 13.2 Å². The van der Waals surface area contributed by atoms with Crippen molar-refractivity contribution in [3.63, 3.8) is 0 Å². The summed E-state index contributed by atoms with van der Waals surface area (Å²) >= 11 is 0. The van der Waals surface area contributed by atoms with E-state index in [1.54, 1.807) is 13.1 Å². The van der Waals surface area contributed by atoms with Gasteiger partial charge in [-0.05, 0) is 31.9 Å². The molecule has 14 heavy (non-hydrogen) atoms. The van der Waals surface area contributed by atoms with E-state index in [1.165, 1.54) is 0 Å². The summed E-state index contributed by atoms with van der Waals surface area (Å²) in [6.07, 6.45) is 3.22. The maximum absolute atomic E-state index is 9.00. The first-order chi connectivity index (χ1) is 6.79. The van der Waals surface area contributed by atoms with Gasteiger partial charge in [-0.2, -0.15) is 0 Å². The lowest BCUT2D eigenvalue weighted by molar-refractivity contribution is 0.0994. The van der Waals surface area contributed by atoms with Crippen LogP contribution in [-0.2, 0) is 11.3 Å². The molecular weight excluding hydrogens is 178 g/mol. The van der Waals surface area contributed by atoms with E-state index in [-0.39, 0.29) is 6.10 Å². The maximum atomic E-state index is 9.00. The quantitative estimate of drug-likeness (QED) is 0.703. The summed E-state index contributed by atoms with van der Waals surface area (Å²) in [7, 11) is 0. The molecule has 0 amide bonds. The molecule has 78 valence electrons. The lowest BCUT2D eigenvalue weighted by atomic mass is 10.2. The Morgan fingerprint density at radius 3 is 3.00 bits per heavy atom. The number of ether oxygens (including phenoxy) is 1. The van der Waals surface area contributed by atoms with Crippen molar-refractivity contribution in [1.29, 1.82) is 0 Å². The van der Waals surface area contributed by atoms with Gasteiger partial charge in [0.2, 0.25) is 0 Å². The van der Waals surface area contributed by atoms with Crippen molar-refractivity contribution in [3.05, 3.63) is 30.1 Å². The first kappa shape index (κ1) is 11.1. The van der Waals surface area contributed by atoms with Gasteiger partial charge >= 0.3 is 0 Å². The van der Waals surface area contributed by atoms with Gasteiger partial charge < -0.3 is 9.84 Å². The Balaban J connectivity index is 2.05. The highest BCUT2D eigenvalue weighted by Gasteiger charge is 1.96. The summed E-state index contributed by atoms with van der Waals surface area (Å²) in [6, 6.07) is 5.77. The Morgan fingerprint density at radius 2 is 2.36 bits per heavy atom. The number of aromatic nitrogens is 1. The Labute approximate surface area is 84.7 Å². The fourth-order valence-electron chi connectivity index (χ4n) is 1.14. The van der Waals surface area contributed by atoms with Gasteiger partial charge in [0.1, 0.15) is 0 Å². The predicted molar refractivity (Wildman–Crippen MR) is 54.8 cm³/mol. The van der Waals surface area contributed by atoms with Crippen LogP contribution in [0.25, 0.3) is 0 Å². The van der Waals surface area contributed by atoms with Crippen LogP contribution >= 0.6 is 0 Å². The predicted octanol–water partition coefficient (Wildman–Crippen LogP) is 1.76. The molecule has 0 aromatic carbocycles. The minimum atomic E-state index is -0.228. The number of hydrogen-bond acceptors (Lipinski definition) is 3. The number of nitrogens with zero attached hydrogens (tertiary/aromatic N) is 1. The smallest absolute Gasteiger partial charge is 0.0887 e. The zero-order valence-corrected chi connectivity index (χ0v) is 8.52. The van der Waals surface area contributed by atoms with Crippen LogP contribution in [-0.4, -0.2) is 22.8 Å². The van der Waals surface area contributed by atoms with Crippen LogP contribution in [0.5, 0.6) is 0 Å². The third-order valence-electron chi connectivity index (χ3n) is 1.89. The largest absolute Gasteiger partial charge is 0.393 e. The molecule has 0 aliphatic rings. The molecule has 0 bridgehead atoms. The molecule has 1 heterocycles. The molecule has 1 unspecified atom stereocenters. The molecule has 1 atom stereocenters. The number of hydrogen-bond donors (Lipinski definition) is 1. The van der Waals surface area contributed by atoms with Gasteiger partial charge in [-0.15, -0.1) is 0 Å². The lowest BCUT2D eigenvalue weighted by Gasteiger charge is -2.05. The molecule has 1 aromatic rings. The molecule has 0 radical (unpaired) electrons. The summed E-state index contributed by atoms with van der Waals surface area (Å²) in [5.74, 6) is 0. The van der Waals surface area contributed by atoms with Crippen molar-refractivity contribution >= 4 is 0 Å². The SMILES string of the molecule is CC(O)CCCOCc1ccccn1. The molecule has 1 aromatic heterocycles. The van der Waals surface area contributed by atoms with Gasteiger partial charge in [0.05, 0.1) is 18.4 Å². The Morgan fingerprint density at radius 1 is 1.50 bits per heavy atom. The van der Waals surface area contributed by atoms with E-state index in [0.717, 1.165) is 18.5 Å². The van der Waals surface area contributed by atoms with Gasteiger partial charge in [-0.3, -0.25) is 4.98 Å². The number of aliphatic hydroxyl groups is 1. The van der Waals surface area contributed by atoms with Crippen molar-refractivity contribution in [1.82, 2.24) is 4.98 Å². The second-order valence-corrected chi connectivity index (χ2v) is 3.36. The van der Waals surface area contributed by atoms with Crippen LogP contribution in [0, 0.1) is 0 Å². The molecule has 0 saturated carbocycles. The van der Waals surface area contributed by atoms with Gasteiger partial charge in [0, 0.05) is 12.8 Å². The Bertz CT molecular complexity index is 236. The molecule has 0 spiro atoms. The number of pyridine rings is 1. The Kier molecular flexibility index (Phi) is 5.19. The third-order valence-corrected chi connectivity index (χ3v) is 1.89. The van der Waals surface area contributed by atoms with Gasteiger partial charge in [-0.1, -0.05) is 6.07 Å². The second-order valence-electron chi connectivity index (χ2n) is 3.36. The van der Waals surface area contributed by atoms with Crippen LogP contribution in [0.4, 0.5) is 0 Å². The van der Waals surface area contributed by atoms with Crippen molar-refractivity contribution < 1.29 is 9.84 Å². The molecule has 0 aliphatic carbocycles. The monoisotopic (exact) mass is 195 g/mol. The standard InChI is InChI=1S/C11H17NO2/c1-10(13)5-4-8-14-9-11-6-2-3-7-12-11/h2-3,6-7,10,13H,4-5,8-9H2,1H3. The highest BCUT2D eigenvalue weighted by atomic mass is 16.5. The second kappa shape index (κ2) is 6.51. The lowest BCUT2D eigenvalue weighted by Crippen LogP contribution is -2.03. The topological polar surface area (TPSA) is 42.4 Å². The van der Waals surface area contributed by atoms with Crippen molar-refractivity contribution in [3.8, 4) is 0 Å². The molecule has 1 rings (SSSR count). The van der Waals surface area contributed by atoms with Crippen LogP contribution in [0.15, 0.2) is 24.4 Å². The summed E-state index contributed by atoms with van der Waals surface area (Å²) < 4.78 is 5.40. The zero-order valence-electron chi connectivity index (χ0n) is 8.52. The molecule has 3 nitrogen and oxygen atoms in total. The average molecular weight is 195 g/mol. The molecule has 0 aliphatic heterocycles. The minimum absolute atomic E-state index is 0.228. The number of aliphatic hydroxyl groups excluding tert-OH is 1. The minimum Gasteiger partial charge on any atom is -0.393 e. The summed E-state index contributed by atoms with van der Waals surface area (Å²) in [5.41, 5.74) is 0.949. The highest BCUT2D eigenvalue weighted by molar-refractivity contribution is 5.01. The van der Waals surface area contributed by atoms with Crippen molar-refractivity contribution in [2.75, 3.05) is 6.61 Å². The summed E-state index contributed by atoms with van der Waals surface area (Å²) in [6.45, 7) is 3.03.